The molecule has 8 heteroatoms. The molecule has 0 saturated carbocycles. The third-order valence-electron chi connectivity index (χ3n) is 3.00. The van der Waals surface area contributed by atoms with Gasteiger partial charge in [-0.25, -0.2) is 0 Å². The lowest BCUT2D eigenvalue weighted by Crippen LogP contribution is -2.42. The van der Waals surface area contributed by atoms with Gasteiger partial charge in [-0.15, -0.1) is 12.4 Å². The van der Waals surface area contributed by atoms with Gasteiger partial charge in [0, 0.05) is 37.3 Å². The zero-order valence-electron chi connectivity index (χ0n) is 13.8. The Morgan fingerprint density at radius 1 is 1.27 bits per heavy atom. The quantitative estimate of drug-likeness (QED) is 0.658. The van der Waals surface area contributed by atoms with E-state index in [1.807, 2.05) is 20.8 Å². The van der Waals surface area contributed by atoms with E-state index in [4.69, 9.17) is 0 Å². The molecule has 1 atom stereocenters. The average Bonchev–Trinajstić information content (AvgIpc) is 2.80. The number of carbonyl (C=O) groups excluding carboxylic acids is 2. The topological polar surface area (TPSA) is 88.1 Å². The number of nitrogens with zero attached hydrogens (tertiary/aromatic N) is 2. The van der Waals surface area contributed by atoms with Gasteiger partial charge in [-0.05, 0) is 7.05 Å². The van der Waals surface area contributed by atoms with Crippen molar-refractivity contribution in [2.75, 3.05) is 20.1 Å². The van der Waals surface area contributed by atoms with Crippen molar-refractivity contribution in [3.8, 4) is 0 Å². The molecule has 0 spiro atoms. The fraction of sp³-hybridized carbons (Fsp3) is 0.643. The summed E-state index contributed by atoms with van der Waals surface area (Å²) in [6, 6.07) is -0.447. The summed E-state index contributed by atoms with van der Waals surface area (Å²) < 4.78 is 1.65. The molecule has 1 aromatic rings. The maximum atomic E-state index is 12.1. The van der Waals surface area contributed by atoms with Crippen LogP contribution in [0.25, 0.3) is 0 Å². The van der Waals surface area contributed by atoms with E-state index >= 15 is 0 Å². The van der Waals surface area contributed by atoms with E-state index in [2.05, 4.69) is 21.0 Å². The highest BCUT2D eigenvalue weighted by Gasteiger charge is 2.21. The fourth-order valence-corrected chi connectivity index (χ4v) is 1.77. The van der Waals surface area contributed by atoms with Gasteiger partial charge in [0.15, 0.2) is 0 Å². The Morgan fingerprint density at radius 3 is 2.32 bits per heavy atom. The first-order valence-corrected chi connectivity index (χ1v) is 6.97. The van der Waals surface area contributed by atoms with Crippen LogP contribution in [0.15, 0.2) is 12.4 Å². The largest absolute Gasteiger partial charge is 0.354 e. The molecule has 0 aromatic carbocycles. The van der Waals surface area contributed by atoms with Crippen molar-refractivity contribution in [1.82, 2.24) is 25.7 Å². The number of hydrogen-bond acceptors (Lipinski definition) is 4. The fourth-order valence-electron chi connectivity index (χ4n) is 1.77. The van der Waals surface area contributed by atoms with Crippen LogP contribution < -0.4 is 16.0 Å². The Labute approximate surface area is 137 Å². The highest BCUT2D eigenvalue weighted by molar-refractivity contribution is 5.85. The van der Waals surface area contributed by atoms with Crippen LogP contribution in [0.1, 0.15) is 32.4 Å². The van der Waals surface area contributed by atoms with Gasteiger partial charge in [0.2, 0.25) is 11.8 Å². The highest BCUT2D eigenvalue weighted by atomic mass is 35.5. The van der Waals surface area contributed by atoms with Crippen LogP contribution in [0, 0.1) is 5.41 Å². The summed E-state index contributed by atoms with van der Waals surface area (Å²) in [5.74, 6) is -0.176. The van der Waals surface area contributed by atoms with Gasteiger partial charge < -0.3 is 16.0 Å². The molecule has 0 aliphatic carbocycles. The number of likely N-dealkylation sites (N-methyl/N-ethyl adjacent to an activating group) is 1. The van der Waals surface area contributed by atoms with Crippen molar-refractivity contribution in [3.05, 3.63) is 18.0 Å². The second-order valence-electron chi connectivity index (χ2n) is 5.97. The van der Waals surface area contributed by atoms with Crippen LogP contribution in [-0.2, 0) is 16.6 Å². The van der Waals surface area contributed by atoms with E-state index < -0.39 is 11.5 Å². The van der Waals surface area contributed by atoms with Crippen LogP contribution >= 0.6 is 12.4 Å². The normalized spacial score (nSPS) is 12.2. The van der Waals surface area contributed by atoms with Gasteiger partial charge in [0.1, 0.15) is 6.04 Å². The molecule has 7 nitrogen and oxygen atoms in total. The van der Waals surface area contributed by atoms with Crippen molar-refractivity contribution in [2.45, 2.75) is 26.8 Å². The number of nitrogens with one attached hydrogen (secondary N) is 3. The SMILES string of the molecule is CNC(C(=O)NCCNC(=O)C(C)(C)C)c1cnn(C)c1.Cl. The van der Waals surface area contributed by atoms with Gasteiger partial charge in [-0.1, -0.05) is 20.8 Å². The molecule has 1 unspecified atom stereocenters. The zero-order chi connectivity index (χ0) is 16.0. The molecule has 2 amide bonds. The van der Waals surface area contributed by atoms with Crippen LogP contribution in [0.2, 0.25) is 0 Å². The summed E-state index contributed by atoms with van der Waals surface area (Å²) in [6.45, 7) is 6.34. The van der Waals surface area contributed by atoms with E-state index in [1.54, 1.807) is 31.2 Å². The first-order chi connectivity index (χ1) is 9.75. The first kappa shape index (κ1) is 20.4. The second-order valence-corrected chi connectivity index (χ2v) is 5.97. The summed E-state index contributed by atoms with van der Waals surface area (Å²) in [5, 5.41) is 12.6. The minimum atomic E-state index is -0.447. The summed E-state index contributed by atoms with van der Waals surface area (Å²) in [5.41, 5.74) is 0.379. The number of carbonyl (C=O) groups is 2. The summed E-state index contributed by atoms with van der Waals surface area (Å²) in [7, 11) is 3.52. The van der Waals surface area contributed by atoms with E-state index in [0.717, 1.165) is 5.56 Å². The monoisotopic (exact) mass is 331 g/mol. The van der Waals surface area contributed by atoms with Crippen molar-refractivity contribution < 1.29 is 9.59 Å². The third kappa shape index (κ3) is 6.03. The zero-order valence-corrected chi connectivity index (χ0v) is 14.6. The van der Waals surface area contributed by atoms with Crippen LogP contribution in [-0.4, -0.2) is 41.7 Å². The van der Waals surface area contributed by atoms with E-state index in [0.29, 0.717) is 13.1 Å². The molecule has 0 aliphatic heterocycles. The number of amides is 2. The summed E-state index contributed by atoms with van der Waals surface area (Å²) in [4.78, 5) is 23.8. The number of hydrogen-bond donors (Lipinski definition) is 3. The van der Waals surface area contributed by atoms with Crippen molar-refractivity contribution in [1.29, 1.82) is 0 Å². The molecule has 0 bridgehead atoms. The number of aryl methyl sites for hydroxylation is 1. The molecule has 1 heterocycles. The van der Waals surface area contributed by atoms with Gasteiger partial charge in [0.25, 0.3) is 0 Å². The standard InChI is InChI=1S/C14H25N5O2.ClH/c1-14(2,3)13(21)17-7-6-16-12(20)11(15-4)10-8-18-19(5)9-10;/h8-9,11,15H,6-7H2,1-5H3,(H,16,20)(H,17,21);1H. The lowest BCUT2D eigenvalue weighted by Gasteiger charge is -2.18. The maximum Gasteiger partial charge on any atom is 0.241 e. The molecular formula is C14H26ClN5O2. The van der Waals surface area contributed by atoms with Crippen LogP contribution in [0.3, 0.4) is 0 Å². The number of rotatable bonds is 6. The molecule has 126 valence electrons. The molecule has 0 radical (unpaired) electrons. The number of halogens is 1. The molecule has 1 rings (SSSR count). The molecular weight excluding hydrogens is 306 g/mol. The highest BCUT2D eigenvalue weighted by Crippen LogP contribution is 2.12. The Kier molecular flexibility index (Phi) is 8.11. The predicted molar refractivity (Wildman–Crippen MR) is 87.7 cm³/mol. The van der Waals surface area contributed by atoms with Gasteiger partial charge in [0.05, 0.1) is 6.20 Å². The molecule has 0 saturated heterocycles. The average molecular weight is 332 g/mol. The van der Waals surface area contributed by atoms with Crippen molar-refractivity contribution in [3.63, 3.8) is 0 Å². The Balaban J connectivity index is 0.00000441. The number of aromatic nitrogens is 2. The summed E-state index contributed by atoms with van der Waals surface area (Å²) >= 11 is 0. The van der Waals surface area contributed by atoms with Gasteiger partial charge in [-0.2, -0.15) is 5.10 Å². The van der Waals surface area contributed by atoms with Crippen molar-refractivity contribution in [2.24, 2.45) is 12.5 Å². The third-order valence-corrected chi connectivity index (χ3v) is 3.00. The smallest absolute Gasteiger partial charge is 0.241 e. The van der Waals surface area contributed by atoms with Crippen LogP contribution in [0.4, 0.5) is 0 Å². The van der Waals surface area contributed by atoms with Gasteiger partial charge in [-0.3, -0.25) is 14.3 Å². The van der Waals surface area contributed by atoms with E-state index in [-0.39, 0.29) is 24.2 Å². The lowest BCUT2D eigenvalue weighted by atomic mass is 9.96. The molecule has 0 aliphatic rings. The van der Waals surface area contributed by atoms with Gasteiger partial charge >= 0.3 is 0 Å². The maximum absolute atomic E-state index is 12.1. The minimum absolute atomic E-state index is 0. The van der Waals surface area contributed by atoms with E-state index in [9.17, 15) is 9.59 Å². The van der Waals surface area contributed by atoms with Crippen molar-refractivity contribution >= 4 is 24.2 Å². The Morgan fingerprint density at radius 2 is 1.86 bits per heavy atom. The molecule has 0 fully saturated rings. The predicted octanol–water partition coefficient (Wildman–Crippen LogP) is 0.381. The van der Waals surface area contributed by atoms with Crippen LogP contribution in [0.5, 0.6) is 0 Å². The first-order valence-electron chi connectivity index (χ1n) is 6.97. The lowest BCUT2D eigenvalue weighted by molar-refractivity contribution is -0.129. The molecule has 1 aromatic heterocycles. The molecule has 3 N–H and O–H groups in total. The molecule has 22 heavy (non-hydrogen) atoms. The Hall–Kier alpha value is -1.60. The minimum Gasteiger partial charge on any atom is -0.354 e. The Bertz CT molecular complexity index is 496. The second kappa shape index (κ2) is 8.75. The summed E-state index contributed by atoms with van der Waals surface area (Å²) in [6.07, 6.45) is 3.45. The van der Waals surface area contributed by atoms with E-state index in [1.165, 1.54) is 0 Å².